The van der Waals surface area contributed by atoms with Gasteiger partial charge in [-0.2, -0.15) is 0 Å². The first-order valence-corrected chi connectivity index (χ1v) is 9.66. The van der Waals surface area contributed by atoms with Crippen molar-refractivity contribution < 1.29 is 9.90 Å². The van der Waals surface area contributed by atoms with Crippen molar-refractivity contribution in [2.45, 2.75) is 38.4 Å². The van der Waals surface area contributed by atoms with E-state index in [4.69, 9.17) is 10.8 Å². The SMILES string of the molecule is C=C(C=N/C=C\C)Sc1nc(NC)c2c(C=O)c(CC)[nH]c2n1.CC(N)CO. The Kier molecular flexibility index (Phi) is 10.1. The number of nitrogens with two attached hydrogens (primary N) is 1. The number of aliphatic hydroxyl groups is 1. The van der Waals surface area contributed by atoms with Gasteiger partial charge < -0.3 is 21.1 Å². The molecule has 0 saturated heterocycles. The van der Waals surface area contributed by atoms with Gasteiger partial charge in [-0.05, 0) is 32.0 Å². The van der Waals surface area contributed by atoms with Crippen LogP contribution in [0.5, 0.6) is 0 Å². The molecule has 152 valence electrons. The van der Waals surface area contributed by atoms with Crippen LogP contribution in [0.3, 0.4) is 0 Å². The summed E-state index contributed by atoms with van der Waals surface area (Å²) < 4.78 is 0. The average molecular weight is 405 g/mol. The maximum Gasteiger partial charge on any atom is 0.196 e. The number of aldehydes is 1. The van der Waals surface area contributed by atoms with E-state index in [2.05, 4.69) is 31.8 Å². The Hall–Kier alpha value is -2.49. The number of aryl methyl sites for hydroxylation is 1. The number of allylic oxidation sites excluding steroid dienone is 2. The monoisotopic (exact) mass is 404 g/mol. The molecule has 0 aliphatic carbocycles. The van der Waals surface area contributed by atoms with Gasteiger partial charge in [-0.1, -0.05) is 19.6 Å². The van der Waals surface area contributed by atoms with E-state index in [0.29, 0.717) is 22.2 Å². The summed E-state index contributed by atoms with van der Waals surface area (Å²) in [6, 6.07) is -0.0602. The third kappa shape index (κ3) is 6.59. The van der Waals surface area contributed by atoms with Gasteiger partial charge in [0.25, 0.3) is 0 Å². The van der Waals surface area contributed by atoms with Crippen molar-refractivity contribution in [3.8, 4) is 0 Å². The summed E-state index contributed by atoms with van der Waals surface area (Å²) in [5, 5.41) is 12.3. The molecule has 2 heterocycles. The summed E-state index contributed by atoms with van der Waals surface area (Å²) in [4.78, 5) is 28.3. The molecule has 9 heteroatoms. The first kappa shape index (κ1) is 23.5. The van der Waals surface area contributed by atoms with Gasteiger partial charge in [0, 0.05) is 41.7 Å². The molecule has 0 fully saturated rings. The van der Waals surface area contributed by atoms with E-state index in [1.54, 1.807) is 26.4 Å². The number of rotatable bonds is 8. The fourth-order valence-electron chi connectivity index (χ4n) is 2.14. The lowest BCUT2D eigenvalue weighted by Crippen LogP contribution is -2.18. The molecule has 2 aromatic rings. The number of thioether (sulfide) groups is 1. The van der Waals surface area contributed by atoms with Gasteiger partial charge in [0.15, 0.2) is 11.4 Å². The molecule has 2 rings (SSSR count). The smallest absolute Gasteiger partial charge is 0.196 e. The second-order valence-corrected chi connectivity index (χ2v) is 6.90. The largest absolute Gasteiger partial charge is 0.395 e. The number of H-pyrrole nitrogens is 1. The number of aromatic amines is 1. The summed E-state index contributed by atoms with van der Waals surface area (Å²) in [7, 11) is 1.77. The number of aliphatic hydroxyl groups excluding tert-OH is 1. The Balaban J connectivity index is 0.000000696. The third-order valence-corrected chi connectivity index (χ3v) is 4.16. The Morgan fingerprint density at radius 3 is 2.68 bits per heavy atom. The van der Waals surface area contributed by atoms with Crippen LogP contribution >= 0.6 is 11.8 Å². The standard InChI is InChI=1S/C16H19N5OS.C3H9NO/c1-5-7-18-8-10(3)23-16-20-14(17-4)13-11(9-22)12(6-2)19-15(13)21-16;1-3(4)2-5/h5,7-9H,3,6H2,1-2,4H3,(H2,17,19,20,21);3,5H,2,4H2,1H3/b7-5-,18-8?;. The predicted molar refractivity (Wildman–Crippen MR) is 117 cm³/mol. The summed E-state index contributed by atoms with van der Waals surface area (Å²) >= 11 is 1.32. The van der Waals surface area contributed by atoms with Gasteiger partial charge in [-0.25, -0.2) is 9.97 Å². The number of carbonyl (C=O) groups excluding carboxylic acids is 1. The number of aromatic nitrogens is 3. The molecule has 1 atom stereocenters. The molecule has 0 radical (unpaired) electrons. The van der Waals surface area contributed by atoms with Crippen LogP contribution in [0.4, 0.5) is 5.82 Å². The van der Waals surface area contributed by atoms with Crippen LogP contribution in [0.2, 0.25) is 0 Å². The zero-order valence-corrected chi connectivity index (χ0v) is 17.5. The van der Waals surface area contributed by atoms with Gasteiger partial charge in [-0.15, -0.1) is 0 Å². The fraction of sp³-hybridized carbons (Fsp3) is 0.368. The molecule has 0 aliphatic rings. The summed E-state index contributed by atoms with van der Waals surface area (Å²) in [6.45, 7) is 9.64. The molecular weight excluding hydrogens is 376 g/mol. The average Bonchev–Trinajstić information content (AvgIpc) is 3.05. The Labute approximate surface area is 169 Å². The highest BCUT2D eigenvalue weighted by Crippen LogP contribution is 2.30. The quantitative estimate of drug-likeness (QED) is 0.230. The number of hydrogen-bond acceptors (Lipinski definition) is 8. The first-order valence-electron chi connectivity index (χ1n) is 8.84. The molecular formula is C19H28N6O2S. The van der Waals surface area contributed by atoms with Crippen molar-refractivity contribution >= 4 is 41.1 Å². The van der Waals surface area contributed by atoms with E-state index in [1.807, 2.05) is 19.9 Å². The van der Waals surface area contributed by atoms with Crippen molar-refractivity contribution in [2.75, 3.05) is 19.0 Å². The molecule has 0 amide bonds. The number of carbonyl (C=O) groups is 1. The van der Waals surface area contributed by atoms with Gasteiger partial charge in [0.1, 0.15) is 11.5 Å². The van der Waals surface area contributed by atoms with Gasteiger partial charge in [-0.3, -0.25) is 9.79 Å². The zero-order valence-electron chi connectivity index (χ0n) is 16.7. The van der Waals surface area contributed by atoms with E-state index in [1.165, 1.54) is 11.8 Å². The molecule has 0 spiro atoms. The van der Waals surface area contributed by atoms with Gasteiger partial charge in [0.2, 0.25) is 0 Å². The van der Waals surface area contributed by atoms with Crippen molar-refractivity contribution in [1.29, 1.82) is 0 Å². The van der Waals surface area contributed by atoms with Crippen LogP contribution in [0.25, 0.3) is 11.0 Å². The van der Waals surface area contributed by atoms with Crippen LogP contribution in [-0.4, -0.2) is 52.3 Å². The van der Waals surface area contributed by atoms with E-state index < -0.39 is 0 Å². The highest BCUT2D eigenvalue weighted by Gasteiger charge is 2.17. The van der Waals surface area contributed by atoms with Crippen LogP contribution < -0.4 is 11.1 Å². The lowest BCUT2D eigenvalue weighted by Gasteiger charge is -2.05. The minimum atomic E-state index is -0.0602. The maximum absolute atomic E-state index is 11.4. The molecule has 0 aromatic carbocycles. The maximum atomic E-state index is 11.4. The van der Waals surface area contributed by atoms with Crippen LogP contribution in [0.1, 0.15) is 36.8 Å². The van der Waals surface area contributed by atoms with Gasteiger partial charge in [0.05, 0.1) is 12.0 Å². The van der Waals surface area contributed by atoms with Crippen molar-refractivity contribution in [3.05, 3.63) is 35.0 Å². The van der Waals surface area contributed by atoms with Crippen LogP contribution in [0, 0.1) is 0 Å². The molecule has 0 saturated carbocycles. The van der Waals surface area contributed by atoms with E-state index in [9.17, 15) is 4.79 Å². The van der Waals surface area contributed by atoms with E-state index in [-0.39, 0.29) is 12.6 Å². The predicted octanol–water partition coefficient (Wildman–Crippen LogP) is 2.91. The molecule has 0 bridgehead atoms. The molecule has 0 aliphatic heterocycles. The number of aliphatic imine (C=N–C) groups is 1. The van der Waals surface area contributed by atoms with Crippen molar-refractivity contribution in [1.82, 2.24) is 15.0 Å². The van der Waals surface area contributed by atoms with Crippen LogP contribution in [-0.2, 0) is 6.42 Å². The highest BCUT2D eigenvalue weighted by molar-refractivity contribution is 8.03. The lowest BCUT2D eigenvalue weighted by atomic mass is 10.1. The fourth-order valence-corrected chi connectivity index (χ4v) is 2.76. The normalized spacial score (nSPS) is 12.2. The third-order valence-electron chi connectivity index (χ3n) is 3.42. The Morgan fingerprint density at radius 2 is 2.18 bits per heavy atom. The van der Waals surface area contributed by atoms with Crippen molar-refractivity contribution in [2.24, 2.45) is 10.7 Å². The van der Waals surface area contributed by atoms with Crippen molar-refractivity contribution in [3.63, 3.8) is 0 Å². The Morgan fingerprint density at radius 1 is 1.50 bits per heavy atom. The molecule has 8 nitrogen and oxygen atoms in total. The second-order valence-electron chi connectivity index (χ2n) is 5.81. The summed E-state index contributed by atoms with van der Waals surface area (Å²) in [5.74, 6) is 0.619. The van der Waals surface area contributed by atoms with E-state index >= 15 is 0 Å². The molecule has 5 N–H and O–H groups in total. The van der Waals surface area contributed by atoms with Crippen LogP contribution in [0.15, 0.2) is 33.9 Å². The topological polar surface area (TPSA) is 129 Å². The first-order chi connectivity index (χ1) is 13.4. The molecule has 1 unspecified atom stereocenters. The number of nitrogens with zero attached hydrogens (tertiary/aromatic N) is 3. The molecule has 28 heavy (non-hydrogen) atoms. The lowest BCUT2D eigenvalue weighted by molar-refractivity contribution is 0.112. The number of hydrogen-bond donors (Lipinski definition) is 4. The summed E-state index contributed by atoms with van der Waals surface area (Å²) in [5.41, 5.74) is 7.15. The number of nitrogens with one attached hydrogen (secondary N) is 2. The number of anilines is 1. The minimum absolute atomic E-state index is 0.0602. The minimum Gasteiger partial charge on any atom is -0.395 e. The van der Waals surface area contributed by atoms with Gasteiger partial charge >= 0.3 is 0 Å². The molecule has 2 aromatic heterocycles. The summed E-state index contributed by atoms with van der Waals surface area (Å²) in [6.07, 6.45) is 6.74. The van der Waals surface area contributed by atoms with E-state index in [0.717, 1.165) is 28.7 Å². The zero-order chi connectivity index (χ0) is 21.1. The Bertz CT molecular complexity index is 858. The number of fused-ring (bicyclic) bond motifs is 1. The highest BCUT2D eigenvalue weighted by atomic mass is 32.2. The second kappa shape index (κ2) is 12.1.